The Labute approximate surface area is 96.5 Å². The maximum Gasteiger partial charge on any atom is 0.101 e. The molecule has 0 unspecified atom stereocenters. The van der Waals surface area contributed by atoms with Crippen LogP contribution in [0.1, 0.15) is 38.2 Å². The van der Waals surface area contributed by atoms with Crippen LogP contribution in [-0.2, 0) is 0 Å². The molecule has 84 valence electrons. The molecule has 0 aliphatic heterocycles. The summed E-state index contributed by atoms with van der Waals surface area (Å²) in [6, 6.07) is 3.94. The van der Waals surface area contributed by atoms with Crippen molar-refractivity contribution in [1.82, 2.24) is 4.98 Å². The van der Waals surface area contributed by atoms with Crippen molar-refractivity contribution in [2.75, 3.05) is 11.9 Å². The quantitative estimate of drug-likeness (QED) is 0.840. The average molecular weight is 215 g/mol. The van der Waals surface area contributed by atoms with Crippen LogP contribution in [0.4, 0.5) is 5.69 Å². The molecule has 1 aliphatic rings. The molecule has 1 saturated carbocycles. The van der Waals surface area contributed by atoms with Crippen LogP contribution >= 0.6 is 0 Å². The molecule has 0 bridgehead atoms. The summed E-state index contributed by atoms with van der Waals surface area (Å²) in [5.41, 5.74) is 2.01. The summed E-state index contributed by atoms with van der Waals surface area (Å²) in [5.74, 6) is 0. The van der Waals surface area contributed by atoms with E-state index in [1.807, 2.05) is 0 Å². The second kappa shape index (κ2) is 4.52. The number of hydrogen-bond acceptors (Lipinski definition) is 3. The molecule has 1 N–H and O–H groups in total. The van der Waals surface area contributed by atoms with Crippen LogP contribution in [0.15, 0.2) is 18.5 Å². The van der Waals surface area contributed by atoms with Crippen LogP contribution in [0.3, 0.4) is 0 Å². The van der Waals surface area contributed by atoms with Crippen LogP contribution < -0.4 is 5.32 Å². The first-order chi connectivity index (χ1) is 7.79. The van der Waals surface area contributed by atoms with Gasteiger partial charge in [-0.05, 0) is 30.7 Å². The first kappa shape index (κ1) is 10.9. The Balaban J connectivity index is 2.02. The fraction of sp³-hybridized carbons (Fsp3) is 0.538. The predicted octanol–water partition coefficient (Wildman–Crippen LogP) is 2.95. The van der Waals surface area contributed by atoms with Crippen LogP contribution in [0.5, 0.6) is 0 Å². The Bertz CT molecular complexity index is 396. The molecule has 0 aromatic carbocycles. The third kappa shape index (κ3) is 2.01. The van der Waals surface area contributed by atoms with Crippen LogP contribution in [0.2, 0.25) is 0 Å². The van der Waals surface area contributed by atoms with E-state index in [1.54, 1.807) is 18.5 Å². The molecule has 16 heavy (non-hydrogen) atoms. The zero-order chi connectivity index (χ0) is 11.4. The molecule has 1 aromatic heterocycles. The third-order valence-electron chi connectivity index (χ3n) is 3.76. The van der Waals surface area contributed by atoms with Crippen LogP contribution in [0.25, 0.3) is 0 Å². The zero-order valence-electron chi connectivity index (χ0n) is 9.66. The molecular formula is C13H17N3. The van der Waals surface area contributed by atoms with Gasteiger partial charge in [-0.2, -0.15) is 5.26 Å². The third-order valence-corrected chi connectivity index (χ3v) is 3.76. The van der Waals surface area contributed by atoms with Crippen molar-refractivity contribution >= 4 is 5.69 Å². The van der Waals surface area contributed by atoms with Crippen molar-refractivity contribution in [3.63, 3.8) is 0 Å². The summed E-state index contributed by atoms with van der Waals surface area (Å²) in [7, 11) is 0. The van der Waals surface area contributed by atoms with Gasteiger partial charge in [-0.25, -0.2) is 0 Å². The fourth-order valence-electron chi connectivity index (χ4n) is 2.25. The molecule has 3 nitrogen and oxygen atoms in total. The molecule has 1 aromatic rings. The minimum Gasteiger partial charge on any atom is -0.382 e. The summed E-state index contributed by atoms with van der Waals surface area (Å²) in [6.45, 7) is 3.21. The number of pyridine rings is 1. The zero-order valence-corrected chi connectivity index (χ0v) is 9.66. The highest BCUT2D eigenvalue weighted by atomic mass is 14.9. The van der Waals surface area contributed by atoms with E-state index in [9.17, 15) is 0 Å². The van der Waals surface area contributed by atoms with Gasteiger partial charge in [-0.1, -0.05) is 13.3 Å². The number of nitrogens with zero attached hydrogens (tertiary/aromatic N) is 2. The number of aromatic nitrogens is 1. The van der Waals surface area contributed by atoms with Gasteiger partial charge in [-0.15, -0.1) is 0 Å². The molecule has 1 fully saturated rings. The SMILES string of the molecule is CCC1(CNc2cnccc2C#N)CCC1. The Morgan fingerprint density at radius 1 is 1.56 bits per heavy atom. The summed E-state index contributed by atoms with van der Waals surface area (Å²) in [4.78, 5) is 4.05. The van der Waals surface area contributed by atoms with Gasteiger partial charge in [0.05, 0.1) is 17.4 Å². The lowest BCUT2D eigenvalue weighted by Gasteiger charge is -2.41. The number of anilines is 1. The number of nitriles is 1. The molecule has 0 radical (unpaired) electrons. The van der Waals surface area contributed by atoms with Crippen molar-refractivity contribution in [2.24, 2.45) is 5.41 Å². The van der Waals surface area contributed by atoms with Crippen LogP contribution in [0, 0.1) is 16.7 Å². The van der Waals surface area contributed by atoms with Gasteiger partial charge in [0.1, 0.15) is 6.07 Å². The lowest BCUT2D eigenvalue weighted by molar-refractivity contribution is 0.145. The van der Waals surface area contributed by atoms with E-state index in [-0.39, 0.29) is 0 Å². The van der Waals surface area contributed by atoms with Crippen molar-refractivity contribution in [1.29, 1.82) is 5.26 Å². The molecular weight excluding hydrogens is 198 g/mol. The predicted molar refractivity (Wildman–Crippen MR) is 64.0 cm³/mol. The number of hydrogen-bond donors (Lipinski definition) is 1. The summed E-state index contributed by atoms with van der Waals surface area (Å²) in [5, 5.41) is 12.3. The molecule has 1 heterocycles. The van der Waals surface area contributed by atoms with E-state index in [0.29, 0.717) is 11.0 Å². The van der Waals surface area contributed by atoms with Gasteiger partial charge in [0, 0.05) is 12.7 Å². The molecule has 0 saturated heterocycles. The maximum absolute atomic E-state index is 8.96. The summed E-state index contributed by atoms with van der Waals surface area (Å²) >= 11 is 0. The van der Waals surface area contributed by atoms with Gasteiger partial charge in [0.15, 0.2) is 0 Å². The number of rotatable bonds is 4. The van der Waals surface area contributed by atoms with Gasteiger partial charge in [-0.3, -0.25) is 4.98 Å². The second-order valence-corrected chi connectivity index (χ2v) is 4.59. The lowest BCUT2D eigenvalue weighted by atomic mass is 9.67. The van der Waals surface area contributed by atoms with Gasteiger partial charge in [0.25, 0.3) is 0 Å². The van der Waals surface area contributed by atoms with Crippen molar-refractivity contribution < 1.29 is 0 Å². The van der Waals surface area contributed by atoms with Crippen molar-refractivity contribution in [3.8, 4) is 6.07 Å². The minimum atomic E-state index is 0.461. The maximum atomic E-state index is 8.96. The molecule has 1 aliphatic carbocycles. The van der Waals surface area contributed by atoms with Gasteiger partial charge < -0.3 is 5.32 Å². The first-order valence-corrected chi connectivity index (χ1v) is 5.88. The van der Waals surface area contributed by atoms with Crippen molar-refractivity contribution in [2.45, 2.75) is 32.6 Å². The highest BCUT2D eigenvalue weighted by Crippen LogP contribution is 2.43. The molecule has 3 heteroatoms. The van der Waals surface area contributed by atoms with E-state index in [2.05, 4.69) is 23.3 Å². The Morgan fingerprint density at radius 3 is 2.94 bits per heavy atom. The minimum absolute atomic E-state index is 0.461. The molecule has 0 amide bonds. The monoisotopic (exact) mass is 215 g/mol. The van der Waals surface area contributed by atoms with E-state index < -0.39 is 0 Å². The highest BCUT2D eigenvalue weighted by molar-refractivity contribution is 5.55. The normalized spacial score (nSPS) is 17.2. The Hall–Kier alpha value is -1.56. The van der Waals surface area contributed by atoms with Crippen LogP contribution in [-0.4, -0.2) is 11.5 Å². The highest BCUT2D eigenvalue weighted by Gasteiger charge is 2.34. The molecule has 0 spiro atoms. The smallest absolute Gasteiger partial charge is 0.101 e. The van der Waals surface area contributed by atoms with Gasteiger partial charge >= 0.3 is 0 Å². The molecule has 0 atom stereocenters. The second-order valence-electron chi connectivity index (χ2n) is 4.59. The van der Waals surface area contributed by atoms with E-state index in [0.717, 1.165) is 12.2 Å². The fourth-order valence-corrected chi connectivity index (χ4v) is 2.25. The number of nitrogens with one attached hydrogen (secondary N) is 1. The van der Waals surface area contributed by atoms with E-state index >= 15 is 0 Å². The summed E-state index contributed by atoms with van der Waals surface area (Å²) in [6.07, 6.45) is 8.55. The topological polar surface area (TPSA) is 48.7 Å². The first-order valence-electron chi connectivity index (χ1n) is 5.88. The summed E-state index contributed by atoms with van der Waals surface area (Å²) < 4.78 is 0. The average Bonchev–Trinajstić information content (AvgIpc) is 2.29. The standard InChI is InChI=1S/C13H17N3/c1-2-13(5-3-6-13)10-16-12-9-15-7-4-11(12)8-14/h4,7,9,16H,2-3,5-6,10H2,1H3. The Kier molecular flexibility index (Phi) is 3.09. The largest absolute Gasteiger partial charge is 0.382 e. The van der Waals surface area contributed by atoms with Gasteiger partial charge in [0.2, 0.25) is 0 Å². The van der Waals surface area contributed by atoms with E-state index in [1.165, 1.54) is 25.7 Å². The lowest BCUT2D eigenvalue weighted by Crippen LogP contribution is -2.36. The van der Waals surface area contributed by atoms with Crippen molar-refractivity contribution in [3.05, 3.63) is 24.0 Å². The Morgan fingerprint density at radius 2 is 2.38 bits per heavy atom. The van der Waals surface area contributed by atoms with E-state index in [4.69, 9.17) is 5.26 Å². The molecule has 2 rings (SSSR count).